The molecule has 2 aliphatic heterocycles. The first-order chi connectivity index (χ1) is 8.17. The van der Waals surface area contributed by atoms with E-state index in [1.54, 1.807) is 0 Å². The molecule has 0 radical (unpaired) electrons. The molecule has 0 spiro atoms. The van der Waals surface area contributed by atoms with Crippen molar-refractivity contribution >= 4 is 0 Å². The SMILES string of the molecule is CCC1CCNC(CN2C[C@@H](C)O[C@@H](C)C2)C1. The molecule has 2 saturated heterocycles. The highest BCUT2D eigenvalue weighted by Crippen LogP contribution is 2.21. The molecule has 0 aromatic carbocycles. The lowest BCUT2D eigenvalue weighted by Gasteiger charge is -2.39. The van der Waals surface area contributed by atoms with Gasteiger partial charge in [0.1, 0.15) is 0 Å². The Kier molecular flexibility index (Phi) is 4.83. The van der Waals surface area contributed by atoms with E-state index < -0.39 is 0 Å². The number of rotatable bonds is 3. The minimum absolute atomic E-state index is 0.393. The maximum Gasteiger partial charge on any atom is 0.0678 e. The zero-order chi connectivity index (χ0) is 12.3. The number of nitrogens with one attached hydrogen (secondary N) is 1. The maximum absolute atomic E-state index is 5.79. The van der Waals surface area contributed by atoms with Gasteiger partial charge in [0.15, 0.2) is 0 Å². The van der Waals surface area contributed by atoms with E-state index in [-0.39, 0.29) is 0 Å². The molecule has 2 heterocycles. The van der Waals surface area contributed by atoms with Crippen LogP contribution in [0.2, 0.25) is 0 Å². The van der Waals surface area contributed by atoms with E-state index in [4.69, 9.17) is 4.74 Å². The van der Waals surface area contributed by atoms with Crippen LogP contribution >= 0.6 is 0 Å². The molecular weight excluding hydrogens is 212 g/mol. The van der Waals surface area contributed by atoms with Crippen LogP contribution in [0.25, 0.3) is 0 Å². The van der Waals surface area contributed by atoms with Crippen LogP contribution in [0.3, 0.4) is 0 Å². The van der Waals surface area contributed by atoms with Gasteiger partial charge in [-0.05, 0) is 39.2 Å². The second-order valence-electron chi connectivity index (χ2n) is 5.93. The van der Waals surface area contributed by atoms with Crippen molar-refractivity contribution in [1.29, 1.82) is 0 Å². The Hall–Kier alpha value is -0.120. The monoisotopic (exact) mass is 240 g/mol. The first-order valence-corrected chi connectivity index (χ1v) is 7.28. The minimum atomic E-state index is 0.393. The van der Waals surface area contributed by atoms with Crippen molar-refractivity contribution in [1.82, 2.24) is 10.2 Å². The van der Waals surface area contributed by atoms with Crippen molar-refractivity contribution in [3.63, 3.8) is 0 Å². The quantitative estimate of drug-likeness (QED) is 0.815. The summed E-state index contributed by atoms with van der Waals surface area (Å²) in [5.74, 6) is 0.942. The number of morpholine rings is 1. The topological polar surface area (TPSA) is 24.5 Å². The predicted octanol–water partition coefficient (Wildman–Crippen LogP) is 1.87. The molecule has 2 fully saturated rings. The van der Waals surface area contributed by atoms with E-state index in [0.29, 0.717) is 18.2 Å². The van der Waals surface area contributed by atoms with Gasteiger partial charge >= 0.3 is 0 Å². The Morgan fingerprint density at radius 1 is 1.24 bits per heavy atom. The van der Waals surface area contributed by atoms with Crippen LogP contribution in [0.15, 0.2) is 0 Å². The lowest BCUT2D eigenvalue weighted by molar-refractivity contribution is -0.0708. The Morgan fingerprint density at radius 3 is 2.59 bits per heavy atom. The summed E-state index contributed by atoms with van der Waals surface area (Å²) in [5.41, 5.74) is 0. The fraction of sp³-hybridized carbons (Fsp3) is 1.00. The number of ether oxygens (including phenoxy) is 1. The molecule has 2 rings (SSSR count). The fourth-order valence-corrected chi connectivity index (χ4v) is 3.35. The lowest BCUT2D eigenvalue weighted by atomic mass is 9.90. The fourth-order valence-electron chi connectivity index (χ4n) is 3.35. The molecule has 2 aliphatic rings. The summed E-state index contributed by atoms with van der Waals surface area (Å²) in [6.07, 6.45) is 4.85. The molecular formula is C14H28N2O. The van der Waals surface area contributed by atoms with E-state index in [1.807, 2.05) is 0 Å². The second kappa shape index (κ2) is 6.17. The van der Waals surface area contributed by atoms with Gasteiger partial charge in [0.2, 0.25) is 0 Å². The molecule has 4 atom stereocenters. The van der Waals surface area contributed by atoms with Crippen LogP contribution in [0, 0.1) is 5.92 Å². The average Bonchev–Trinajstić information content (AvgIpc) is 2.28. The molecule has 17 heavy (non-hydrogen) atoms. The largest absolute Gasteiger partial charge is 0.373 e. The van der Waals surface area contributed by atoms with Gasteiger partial charge in [-0.1, -0.05) is 13.3 Å². The van der Waals surface area contributed by atoms with Crippen molar-refractivity contribution < 1.29 is 4.74 Å². The van der Waals surface area contributed by atoms with Crippen LogP contribution in [0.4, 0.5) is 0 Å². The normalized spacial score (nSPS) is 40.4. The standard InChI is InChI=1S/C14H28N2O/c1-4-13-5-6-15-14(7-13)10-16-8-11(2)17-12(3)9-16/h11-15H,4-10H2,1-3H3/t11-,12+,13?,14?. The van der Waals surface area contributed by atoms with Crippen LogP contribution in [-0.4, -0.2) is 49.3 Å². The third-order valence-electron chi connectivity index (χ3n) is 4.15. The van der Waals surface area contributed by atoms with E-state index >= 15 is 0 Å². The molecule has 1 N–H and O–H groups in total. The Bertz CT molecular complexity index is 224. The van der Waals surface area contributed by atoms with E-state index in [9.17, 15) is 0 Å². The smallest absolute Gasteiger partial charge is 0.0678 e. The van der Waals surface area contributed by atoms with Gasteiger partial charge in [-0.15, -0.1) is 0 Å². The highest BCUT2D eigenvalue weighted by Gasteiger charge is 2.26. The van der Waals surface area contributed by atoms with Gasteiger partial charge in [0.05, 0.1) is 12.2 Å². The maximum atomic E-state index is 5.79. The summed E-state index contributed by atoms with van der Waals surface area (Å²) in [7, 11) is 0. The van der Waals surface area contributed by atoms with Crippen LogP contribution < -0.4 is 5.32 Å². The van der Waals surface area contributed by atoms with Gasteiger partial charge in [-0.2, -0.15) is 0 Å². The summed E-state index contributed by atoms with van der Waals surface area (Å²) in [4.78, 5) is 2.58. The number of hydrogen-bond acceptors (Lipinski definition) is 3. The van der Waals surface area contributed by atoms with Gasteiger partial charge < -0.3 is 10.1 Å². The molecule has 0 saturated carbocycles. The first kappa shape index (κ1) is 13.3. The van der Waals surface area contributed by atoms with Crippen molar-refractivity contribution in [2.24, 2.45) is 5.92 Å². The third-order valence-corrected chi connectivity index (χ3v) is 4.15. The van der Waals surface area contributed by atoms with Gasteiger partial charge in [0, 0.05) is 25.7 Å². The summed E-state index contributed by atoms with van der Waals surface area (Å²) in [5, 5.41) is 3.68. The minimum Gasteiger partial charge on any atom is -0.373 e. The lowest BCUT2D eigenvalue weighted by Crippen LogP contribution is -2.52. The van der Waals surface area contributed by atoms with E-state index in [1.165, 1.54) is 32.4 Å². The number of nitrogens with zero attached hydrogens (tertiary/aromatic N) is 1. The van der Waals surface area contributed by atoms with Gasteiger partial charge in [-0.25, -0.2) is 0 Å². The molecule has 0 aliphatic carbocycles. The van der Waals surface area contributed by atoms with Crippen LogP contribution in [-0.2, 0) is 4.74 Å². The predicted molar refractivity (Wildman–Crippen MR) is 71.3 cm³/mol. The summed E-state index contributed by atoms with van der Waals surface area (Å²) < 4.78 is 5.79. The molecule has 0 bridgehead atoms. The van der Waals surface area contributed by atoms with E-state index in [0.717, 1.165) is 19.0 Å². The highest BCUT2D eigenvalue weighted by atomic mass is 16.5. The van der Waals surface area contributed by atoms with Crippen molar-refractivity contribution in [3.05, 3.63) is 0 Å². The van der Waals surface area contributed by atoms with Gasteiger partial charge in [-0.3, -0.25) is 4.90 Å². The Balaban J connectivity index is 1.79. The van der Waals surface area contributed by atoms with Gasteiger partial charge in [0.25, 0.3) is 0 Å². The van der Waals surface area contributed by atoms with Crippen molar-refractivity contribution in [2.75, 3.05) is 26.2 Å². The second-order valence-corrected chi connectivity index (χ2v) is 5.93. The summed E-state index contributed by atoms with van der Waals surface area (Å²) in [6, 6.07) is 0.700. The molecule has 100 valence electrons. The van der Waals surface area contributed by atoms with Crippen LogP contribution in [0.5, 0.6) is 0 Å². The summed E-state index contributed by atoms with van der Waals surface area (Å²) in [6.45, 7) is 11.3. The molecule has 0 amide bonds. The molecule has 2 unspecified atom stereocenters. The van der Waals surface area contributed by atoms with Crippen molar-refractivity contribution in [3.8, 4) is 0 Å². The Labute approximate surface area is 106 Å². The number of hydrogen-bond donors (Lipinski definition) is 1. The third kappa shape index (κ3) is 3.94. The molecule has 0 aromatic rings. The van der Waals surface area contributed by atoms with Crippen LogP contribution in [0.1, 0.15) is 40.0 Å². The molecule has 3 heteroatoms. The first-order valence-electron chi connectivity index (χ1n) is 7.28. The van der Waals surface area contributed by atoms with E-state index in [2.05, 4.69) is 31.0 Å². The Morgan fingerprint density at radius 2 is 1.94 bits per heavy atom. The summed E-state index contributed by atoms with van der Waals surface area (Å²) >= 11 is 0. The zero-order valence-corrected chi connectivity index (χ0v) is 11.6. The highest BCUT2D eigenvalue weighted by molar-refractivity contribution is 4.83. The van der Waals surface area contributed by atoms with Crippen molar-refractivity contribution in [2.45, 2.75) is 58.3 Å². The molecule has 3 nitrogen and oxygen atoms in total. The number of piperidine rings is 1. The average molecular weight is 240 g/mol. The molecule has 0 aromatic heterocycles. The zero-order valence-electron chi connectivity index (χ0n) is 11.6.